The van der Waals surface area contributed by atoms with E-state index >= 15 is 0 Å². The number of hydrogen-bond acceptors (Lipinski definition) is 1. The molecule has 2 heteroatoms. The van der Waals surface area contributed by atoms with Crippen LogP contribution in [0.4, 0.5) is 17.1 Å². The van der Waals surface area contributed by atoms with Crippen molar-refractivity contribution in [3.8, 4) is 50.2 Å². The normalized spacial score (nSPS) is 12.7. The summed E-state index contributed by atoms with van der Waals surface area (Å²) in [6, 6.07) is 76.0. The maximum Gasteiger partial charge on any atom is 0.0541 e. The van der Waals surface area contributed by atoms with Gasteiger partial charge in [-0.2, -0.15) is 0 Å². The van der Waals surface area contributed by atoms with Crippen LogP contribution in [0.15, 0.2) is 206 Å². The van der Waals surface area contributed by atoms with Gasteiger partial charge in [-0.3, -0.25) is 0 Å². The minimum Gasteiger partial charge on any atom is -0.311 e. The first-order valence-corrected chi connectivity index (χ1v) is 21.3. The fraction of sp³-hybridized carbons (Fsp3) is 0.0847. The number of para-hydroxylation sites is 1. The van der Waals surface area contributed by atoms with Crippen molar-refractivity contribution in [2.24, 2.45) is 0 Å². The lowest BCUT2D eigenvalue weighted by Crippen LogP contribution is -2.15. The Bertz CT molecular complexity index is 3260. The van der Waals surface area contributed by atoms with Crippen LogP contribution in [0.25, 0.3) is 72.0 Å². The van der Waals surface area contributed by atoms with Crippen LogP contribution in [0.1, 0.15) is 36.1 Å². The van der Waals surface area contributed by atoms with E-state index in [-0.39, 0.29) is 5.41 Å². The van der Waals surface area contributed by atoms with E-state index < -0.39 is 0 Å². The van der Waals surface area contributed by atoms with Crippen molar-refractivity contribution in [3.63, 3.8) is 0 Å². The summed E-state index contributed by atoms with van der Waals surface area (Å²) < 4.78 is 2.40. The zero-order valence-electron chi connectivity index (χ0n) is 35.0. The van der Waals surface area contributed by atoms with Crippen LogP contribution >= 0.6 is 0 Å². The number of aromatic nitrogens is 1. The number of anilines is 3. The van der Waals surface area contributed by atoms with E-state index in [0.717, 1.165) is 22.7 Å². The Morgan fingerprint density at radius 2 is 0.852 bits per heavy atom. The molecule has 11 rings (SSSR count). The second-order valence-electron chi connectivity index (χ2n) is 17.2. The van der Waals surface area contributed by atoms with Crippen molar-refractivity contribution < 1.29 is 0 Å². The Morgan fingerprint density at radius 1 is 0.361 bits per heavy atom. The molecule has 0 atom stereocenters. The first-order chi connectivity index (χ1) is 29.8. The summed E-state index contributed by atoms with van der Waals surface area (Å²) in [7, 11) is 0. The molecule has 0 amide bonds. The van der Waals surface area contributed by atoms with Gasteiger partial charge in [0.1, 0.15) is 0 Å². The van der Waals surface area contributed by atoms with Gasteiger partial charge in [-0.15, -0.1) is 0 Å². The molecule has 0 unspecified atom stereocenters. The van der Waals surface area contributed by atoms with Crippen molar-refractivity contribution in [1.29, 1.82) is 0 Å². The summed E-state index contributed by atoms with van der Waals surface area (Å²) in [5, 5.41) is 2.49. The zero-order valence-corrected chi connectivity index (χ0v) is 35.0. The highest BCUT2D eigenvalue weighted by atomic mass is 15.1. The van der Waals surface area contributed by atoms with Crippen molar-refractivity contribution in [2.45, 2.75) is 33.1 Å². The number of aryl methyl sites for hydroxylation is 2. The molecule has 0 N–H and O–H groups in total. The van der Waals surface area contributed by atoms with E-state index in [1.54, 1.807) is 0 Å². The summed E-state index contributed by atoms with van der Waals surface area (Å²) in [5.74, 6) is 0. The Kier molecular flexibility index (Phi) is 8.65. The number of fused-ring (bicyclic) bond motifs is 6. The van der Waals surface area contributed by atoms with E-state index in [4.69, 9.17) is 0 Å². The second-order valence-corrected chi connectivity index (χ2v) is 17.2. The van der Waals surface area contributed by atoms with Crippen LogP contribution < -0.4 is 4.90 Å². The Labute approximate surface area is 358 Å². The topological polar surface area (TPSA) is 8.17 Å². The van der Waals surface area contributed by atoms with Gasteiger partial charge >= 0.3 is 0 Å². The minimum absolute atomic E-state index is 0.0406. The predicted molar refractivity (Wildman–Crippen MR) is 259 cm³/mol. The lowest BCUT2D eigenvalue weighted by atomic mass is 9.81. The van der Waals surface area contributed by atoms with Gasteiger partial charge in [-0.05, 0) is 142 Å². The molecule has 0 saturated heterocycles. The first kappa shape index (κ1) is 36.6. The largest absolute Gasteiger partial charge is 0.311 e. The third kappa shape index (κ3) is 6.26. The van der Waals surface area contributed by atoms with Crippen molar-refractivity contribution in [2.75, 3.05) is 4.90 Å². The molecule has 1 aliphatic carbocycles. The molecular weight excluding hydrogens is 737 g/mol. The molecule has 1 aliphatic rings. The third-order valence-corrected chi connectivity index (χ3v) is 12.9. The summed E-state index contributed by atoms with van der Waals surface area (Å²) in [6.07, 6.45) is 0. The number of nitrogens with zero attached hydrogens (tertiary/aromatic N) is 2. The molecule has 1 aromatic heterocycles. The third-order valence-electron chi connectivity index (χ3n) is 12.9. The highest BCUT2D eigenvalue weighted by Gasteiger charge is 2.35. The summed E-state index contributed by atoms with van der Waals surface area (Å²) in [4.78, 5) is 2.36. The molecule has 0 aliphatic heterocycles. The molecule has 2 nitrogen and oxygen atoms in total. The summed E-state index contributed by atoms with van der Waals surface area (Å²) in [6.45, 7) is 9.05. The van der Waals surface area contributed by atoms with Crippen LogP contribution in [-0.4, -0.2) is 4.57 Å². The molecule has 0 spiro atoms. The number of benzene rings is 9. The van der Waals surface area contributed by atoms with Crippen LogP contribution in [0.5, 0.6) is 0 Å². The highest BCUT2D eigenvalue weighted by Crippen LogP contribution is 2.50. The van der Waals surface area contributed by atoms with E-state index in [1.165, 1.54) is 88.6 Å². The Morgan fingerprint density at radius 3 is 1.56 bits per heavy atom. The van der Waals surface area contributed by atoms with Crippen LogP contribution in [-0.2, 0) is 5.41 Å². The molecule has 10 aromatic rings. The predicted octanol–water partition coefficient (Wildman–Crippen LogP) is 16.2. The van der Waals surface area contributed by atoms with Crippen molar-refractivity contribution >= 4 is 38.9 Å². The average molecular weight is 783 g/mol. The standard InChI is InChI=1S/C59H46N2/c1-39-17-26-47(27-18-39)60(49-30-22-43(23-31-49)46-24-33-52-51-32-19-40(2)35-55(51)59(3,4)56(52)38-46)48-28-20-42(21-29-48)45-25-34-58-54(37-45)53-15-8-9-16-57(53)61(58)50-14-10-13-44(36-50)41-11-6-5-7-12-41/h5-38H,1-4H3. The molecule has 292 valence electrons. The van der Waals surface area contributed by atoms with Crippen molar-refractivity contribution in [3.05, 3.63) is 229 Å². The van der Waals surface area contributed by atoms with E-state index in [1.807, 2.05) is 0 Å². The van der Waals surface area contributed by atoms with Gasteiger partial charge < -0.3 is 9.47 Å². The Balaban J connectivity index is 0.931. The second kappa shape index (κ2) is 14.4. The first-order valence-electron chi connectivity index (χ1n) is 21.3. The molecule has 9 aromatic carbocycles. The molecule has 0 radical (unpaired) electrons. The fourth-order valence-electron chi connectivity index (χ4n) is 9.66. The maximum absolute atomic E-state index is 2.41. The van der Waals surface area contributed by atoms with Crippen molar-refractivity contribution in [1.82, 2.24) is 4.57 Å². The quantitative estimate of drug-likeness (QED) is 0.156. The van der Waals surface area contributed by atoms with Crippen LogP contribution in [0.3, 0.4) is 0 Å². The molecular formula is C59H46N2. The van der Waals surface area contributed by atoms with E-state index in [0.29, 0.717) is 0 Å². The molecule has 1 heterocycles. The van der Waals surface area contributed by atoms with Crippen LogP contribution in [0.2, 0.25) is 0 Å². The lowest BCUT2D eigenvalue weighted by Gasteiger charge is -2.26. The minimum atomic E-state index is -0.0406. The summed E-state index contributed by atoms with van der Waals surface area (Å²) >= 11 is 0. The molecule has 0 fully saturated rings. The summed E-state index contributed by atoms with van der Waals surface area (Å²) in [5.41, 5.74) is 22.2. The number of rotatable bonds is 7. The molecule has 0 bridgehead atoms. The average Bonchev–Trinajstić information content (AvgIpc) is 3.75. The monoisotopic (exact) mass is 782 g/mol. The Hall–Kier alpha value is -7.42. The van der Waals surface area contributed by atoms with Gasteiger partial charge in [0.25, 0.3) is 0 Å². The van der Waals surface area contributed by atoms with Gasteiger partial charge in [0.2, 0.25) is 0 Å². The van der Waals surface area contributed by atoms with Gasteiger partial charge in [0, 0.05) is 38.9 Å². The van der Waals surface area contributed by atoms with Gasteiger partial charge in [0.15, 0.2) is 0 Å². The lowest BCUT2D eigenvalue weighted by molar-refractivity contribution is 0.660. The molecule has 0 saturated carbocycles. The molecule has 61 heavy (non-hydrogen) atoms. The maximum atomic E-state index is 2.41. The van der Waals surface area contributed by atoms with E-state index in [2.05, 4.69) is 243 Å². The van der Waals surface area contributed by atoms with Gasteiger partial charge in [0.05, 0.1) is 11.0 Å². The zero-order chi connectivity index (χ0) is 41.2. The SMILES string of the molecule is Cc1ccc(N(c2ccc(-c3ccc4c(c3)C(C)(C)c3cc(C)ccc3-4)cc2)c2ccc(-c3ccc4c(c3)c3ccccc3n4-c3cccc(-c4ccccc4)c3)cc2)cc1. The number of hydrogen-bond donors (Lipinski definition) is 0. The van der Waals surface area contributed by atoms with Gasteiger partial charge in [-0.25, -0.2) is 0 Å². The van der Waals surface area contributed by atoms with E-state index in [9.17, 15) is 0 Å². The smallest absolute Gasteiger partial charge is 0.0541 e. The fourth-order valence-corrected chi connectivity index (χ4v) is 9.66. The van der Waals surface area contributed by atoms with Gasteiger partial charge in [-0.1, -0.05) is 158 Å². The highest BCUT2D eigenvalue weighted by molar-refractivity contribution is 6.10. The van der Waals surface area contributed by atoms with Crippen LogP contribution in [0, 0.1) is 13.8 Å².